The number of hydrogen-bond donors (Lipinski definition) is 3. The summed E-state index contributed by atoms with van der Waals surface area (Å²) < 4.78 is 4.77. The minimum Gasteiger partial charge on any atom is -0.453 e. The first-order valence-electron chi connectivity index (χ1n) is 20.8. The normalized spacial score (nSPS) is 18.7. The van der Waals surface area contributed by atoms with Gasteiger partial charge in [0, 0.05) is 12.1 Å². The monoisotopic (exact) mass is 817 g/mol. The summed E-state index contributed by atoms with van der Waals surface area (Å²) in [6, 6.07) is 28.9. The molecule has 13 heteroatoms. The van der Waals surface area contributed by atoms with Crippen molar-refractivity contribution >= 4 is 28.7 Å². The van der Waals surface area contributed by atoms with E-state index in [0.29, 0.717) is 25.3 Å². The third-order valence-electron chi connectivity index (χ3n) is 12.0. The number of amides is 3. The highest BCUT2D eigenvalue weighted by molar-refractivity contribution is 5.91. The quantitative estimate of drug-likeness (QED) is 0.112. The number of nitrogens with zero attached hydrogens (tertiary/aromatic N) is 6. The third-order valence-corrected chi connectivity index (χ3v) is 12.0. The number of carbonyl (C=O) groups excluding carboxylic acids is 3. The number of alkyl carbamates (subject to hydrolysis) is 1. The second-order valence-electron chi connectivity index (χ2n) is 16.6. The Hall–Kier alpha value is -6.78. The fourth-order valence-corrected chi connectivity index (χ4v) is 8.80. The minimum absolute atomic E-state index is 0.0365. The summed E-state index contributed by atoms with van der Waals surface area (Å²) >= 11 is 0. The number of hydrogen-bond acceptors (Lipinski definition) is 7. The SMILES string of the molecule is [C-]#[N+][C@@H]1C[C@@H](c2ncc(-c3ccc(-c4ccc5cc(-c6cnc([C@@H]7CCCN7C(=O)[C@@H](NC(=O)OC)C(C)C)[nH]6)ccc5c4)cc3)[nH]2)N(C(=O)[C@@H](c2ccccc2)N(C)C)C1. The molecule has 4 aromatic carbocycles. The lowest BCUT2D eigenvalue weighted by atomic mass is 9.98. The zero-order chi connectivity index (χ0) is 42.8. The van der Waals surface area contributed by atoms with E-state index in [9.17, 15) is 14.4 Å². The van der Waals surface area contributed by atoms with Gasteiger partial charge in [-0.05, 0) is 78.0 Å². The number of benzene rings is 4. The van der Waals surface area contributed by atoms with E-state index in [2.05, 4.69) is 80.8 Å². The van der Waals surface area contributed by atoms with Gasteiger partial charge in [-0.15, -0.1) is 0 Å². The van der Waals surface area contributed by atoms with Crippen molar-refractivity contribution in [1.29, 1.82) is 0 Å². The summed E-state index contributed by atoms with van der Waals surface area (Å²) in [5.41, 5.74) is 6.77. The van der Waals surface area contributed by atoms with Gasteiger partial charge in [-0.25, -0.2) is 21.3 Å². The van der Waals surface area contributed by atoms with Gasteiger partial charge in [0.05, 0.1) is 55.9 Å². The molecule has 312 valence electrons. The minimum atomic E-state index is -0.689. The number of carbonyl (C=O) groups is 3. The van der Waals surface area contributed by atoms with Crippen LogP contribution in [0.5, 0.6) is 0 Å². The van der Waals surface area contributed by atoms with Gasteiger partial charge < -0.3 is 34.7 Å². The molecule has 0 saturated carbocycles. The molecule has 4 heterocycles. The van der Waals surface area contributed by atoms with E-state index in [1.165, 1.54) is 7.11 Å². The van der Waals surface area contributed by atoms with Gasteiger partial charge in [-0.3, -0.25) is 14.5 Å². The van der Waals surface area contributed by atoms with Crippen LogP contribution < -0.4 is 5.32 Å². The Kier molecular flexibility index (Phi) is 11.7. The molecule has 6 aromatic rings. The third kappa shape index (κ3) is 8.36. The lowest BCUT2D eigenvalue weighted by Crippen LogP contribution is -2.51. The van der Waals surface area contributed by atoms with Crippen LogP contribution in [0, 0.1) is 12.5 Å². The molecule has 2 saturated heterocycles. The molecule has 2 aliphatic rings. The van der Waals surface area contributed by atoms with Gasteiger partial charge in [0.25, 0.3) is 0 Å². The standard InChI is InChI=1S/C48H51N9O4/c1-29(2)42(54-48(60)61-6)46(58)56-22-10-13-40(56)44-50-27-39(53-44)36-21-20-34-23-33(18-19-35(34)24-36)30-14-16-31(17-15-30)38-26-51-45(52-38)41-25-37(49-3)28-57(41)47(59)43(55(4)5)32-11-8-7-9-12-32/h7-9,11-12,14-21,23-24,26-27,29,37,40-43H,10,13,22,25,28H2,1-2,4-6H3,(H,50,53)(H,51,52)(H,54,60)/t37-,40+,41+,42+,43-/m1/s1. The molecule has 61 heavy (non-hydrogen) atoms. The van der Waals surface area contributed by atoms with Crippen molar-refractivity contribution in [1.82, 2.24) is 40.0 Å². The molecule has 0 aliphatic carbocycles. The van der Waals surface area contributed by atoms with E-state index in [4.69, 9.17) is 21.3 Å². The van der Waals surface area contributed by atoms with Crippen LogP contribution >= 0.6 is 0 Å². The van der Waals surface area contributed by atoms with Crippen molar-refractivity contribution in [3.05, 3.63) is 132 Å². The highest BCUT2D eigenvalue weighted by Crippen LogP contribution is 2.38. The number of nitrogens with one attached hydrogen (secondary N) is 3. The van der Waals surface area contributed by atoms with Crippen LogP contribution in [0.4, 0.5) is 4.79 Å². The zero-order valence-corrected chi connectivity index (χ0v) is 35.1. The van der Waals surface area contributed by atoms with Crippen LogP contribution in [0.25, 0.3) is 49.3 Å². The Morgan fingerprint density at radius 1 is 0.803 bits per heavy atom. The van der Waals surface area contributed by atoms with Crippen molar-refractivity contribution < 1.29 is 19.1 Å². The maximum atomic E-state index is 14.1. The van der Waals surface area contributed by atoms with E-state index < -0.39 is 18.2 Å². The second kappa shape index (κ2) is 17.4. The molecule has 2 fully saturated rings. The molecular weight excluding hydrogens is 767 g/mol. The number of rotatable bonds is 11. The van der Waals surface area contributed by atoms with Gasteiger partial charge >= 0.3 is 6.09 Å². The summed E-state index contributed by atoms with van der Waals surface area (Å²) in [4.78, 5) is 65.5. The smallest absolute Gasteiger partial charge is 0.407 e. The van der Waals surface area contributed by atoms with Crippen molar-refractivity contribution in [3.63, 3.8) is 0 Å². The average Bonchev–Trinajstić information content (AvgIpc) is 4.12. The fraction of sp³-hybridized carbons (Fsp3) is 0.333. The Morgan fingerprint density at radius 2 is 1.41 bits per heavy atom. The molecule has 2 aromatic heterocycles. The number of aromatic nitrogens is 4. The predicted octanol–water partition coefficient (Wildman–Crippen LogP) is 8.20. The summed E-state index contributed by atoms with van der Waals surface area (Å²) in [6.07, 6.45) is 5.17. The molecular formula is C48H51N9O4. The van der Waals surface area contributed by atoms with Crippen LogP contribution in [0.1, 0.15) is 68.4 Å². The summed E-state index contributed by atoms with van der Waals surface area (Å²) in [5, 5.41) is 4.90. The maximum Gasteiger partial charge on any atom is 0.407 e. The summed E-state index contributed by atoms with van der Waals surface area (Å²) in [5.74, 6) is 1.14. The number of H-pyrrole nitrogens is 2. The Bertz CT molecular complexity index is 2580. The molecule has 3 N–H and O–H groups in total. The first-order valence-corrected chi connectivity index (χ1v) is 20.8. The highest BCUT2D eigenvalue weighted by atomic mass is 16.5. The number of methoxy groups -OCH3 is 1. The van der Waals surface area contributed by atoms with Crippen LogP contribution in [-0.2, 0) is 14.3 Å². The zero-order valence-electron chi connectivity index (χ0n) is 35.1. The summed E-state index contributed by atoms with van der Waals surface area (Å²) in [6.45, 7) is 12.5. The van der Waals surface area contributed by atoms with Gasteiger partial charge in [0.15, 0.2) is 0 Å². The van der Waals surface area contributed by atoms with Crippen LogP contribution in [-0.4, -0.2) is 98.9 Å². The average molecular weight is 818 g/mol. The predicted molar refractivity (Wildman–Crippen MR) is 235 cm³/mol. The van der Waals surface area contributed by atoms with Crippen molar-refractivity contribution in [2.45, 2.75) is 63.3 Å². The molecule has 0 radical (unpaired) electrons. The Morgan fingerprint density at radius 3 is 2.05 bits per heavy atom. The number of aromatic amines is 2. The van der Waals surface area contributed by atoms with Crippen LogP contribution in [0.3, 0.4) is 0 Å². The number of imidazole rings is 2. The van der Waals surface area contributed by atoms with Gasteiger partial charge in [-0.2, -0.15) is 0 Å². The number of ether oxygens (including phenoxy) is 1. The number of likely N-dealkylation sites (N-methyl/N-ethyl adjacent to an activating group) is 1. The number of likely N-dealkylation sites (tertiary alicyclic amines) is 2. The molecule has 2 aliphatic heterocycles. The first-order chi connectivity index (χ1) is 29.5. The van der Waals surface area contributed by atoms with Gasteiger partial charge in [0.1, 0.15) is 23.7 Å². The maximum absolute atomic E-state index is 14.1. The van der Waals surface area contributed by atoms with E-state index in [1.54, 1.807) is 0 Å². The largest absolute Gasteiger partial charge is 0.453 e. The molecule has 8 rings (SSSR count). The van der Waals surface area contributed by atoms with Crippen LogP contribution in [0.15, 0.2) is 103 Å². The molecule has 0 spiro atoms. The first kappa shape index (κ1) is 41.0. The molecule has 5 atom stereocenters. The highest BCUT2D eigenvalue weighted by Gasteiger charge is 2.44. The van der Waals surface area contributed by atoms with Crippen molar-refractivity contribution in [2.75, 3.05) is 34.3 Å². The van der Waals surface area contributed by atoms with E-state index >= 15 is 0 Å². The molecule has 0 unspecified atom stereocenters. The second-order valence-corrected chi connectivity index (χ2v) is 16.6. The van der Waals surface area contributed by atoms with Crippen LogP contribution in [0.2, 0.25) is 0 Å². The lowest BCUT2D eigenvalue weighted by Gasteiger charge is -2.31. The molecule has 0 bridgehead atoms. The topological polar surface area (TPSA) is 144 Å². The van der Waals surface area contributed by atoms with Gasteiger partial charge in [0.2, 0.25) is 17.9 Å². The van der Waals surface area contributed by atoms with E-state index in [1.807, 2.05) is 85.4 Å². The Balaban J connectivity index is 0.958. The molecule has 13 nitrogen and oxygen atoms in total. The lowest BCUT2D eigenvalue weighted by molar-refractivity contribution is -0.137. The summed E-state index contributed by atoms with van der Waals surface area (Å²) in [7, 11) is 5.11. The van der Waals surface area contributed by atoms with Crippen molar-refractivity contribution in [3.8, 4) is 33.6 Å². The Labute approximate surface area is 356 Å². The fourth-order valence-electron chi connectivity index (χ4n) is 8.80. The van der Waals surface area contributed by atoms with E-state index in [0.717, 1.165) is 68.6 Å². The van der Waals surface area contributed by atoms with Gasteiger partial charge in [-0.1, -0.05) is 92.7 Å². The number of fused-ring (bicyclic) bond motifs is 1. The molecule has 3 amide bonds. The van der Waals surface area contributed by atoms with E-state index in [-0.39, 0.29) is 35.9 Å². The van der Waals surface area contributed by atoms with Crippen molar-refractivity contribution in [2.24, 2.45) is 5.92 Å².